The Morgan fingerprint density at radius 3 is 2.27 bits per heavy atom. The van der Waals surface area contributed by atoms with Crippen molar-refractivity contribution in [1.82, 2.24) is 0 Å². The van der Waals surface area contributed by atoms with Gasteiger partial charge in [0.2, 0.25) is 0 Å². The summed E-state index contributed by atoms with van der Waals surface area (Å²) in [6.07, 6.45) is 7.52. The van der Waals surface area contributed by atoms with Gasteiger partial charge in [-0.3, -0.25) is 0 Å². The fraction of sp³-hybridized carbons (Fsp3) is 0.818. The monoisotopic (exact) mass is 154 g/mol. The summed E-state index contributed by atoms with van der Waals surface area (Å²) in [6.45, 7) is 8.99. The Kier molecular flexibility index (Phi) is 6.30. The van der Waals surface area contributed by atoms with E-state index < -0.39 is 0 Å². The maximum Gasteiger partial charge on any atom is -0.0318 e. The minimum atomic E-state index is 0.849. The van der Waals surface area contributed by atoms with Crippen LogP contribution in [0.4, 0.5) is 0 Å². The van der Waals surface area contributed by atoms with E-state index in [1.54, 1.807) is 5.57 Å². The van der Waals surface area contributed by atoms with Crippen LogP contribution in [-0.2, 0) is 0 Å². The highest BCUT2D eigenvalue weighted by Crippen LogP contribution is 2.15. The molecule has 0 heterocycles. The van der Waals surface area contributed by atoms with Gasteiger partial charge >= 0.3 is 0 Å². The van der Waals surface area contributed by atoms with Crippen molar-refractivity contribution < 1.29 is 0 Å². The molecule has 0 saturated carbocycles. The predicted molar refractivity (Wildman–Crippen MR) is 52.7 cm³/mol. The molecule has 0 fully saturated rings. The second-order valence-electron chi connectivity index (χ2n) is 3.63. The van der Waals surface area contributed by atoms with E-state index in [-0.39, 0.29) is 0 Å². The van der Waals surface area contributed by atoms with Gasteiger partial charge in [0.15, 0.2) is 0 Å². The molecule has 11 heavy (non-hydrogen) atoms. The molecule has 0 aromatic rings. The molecule has 66 valence electrons. The van der Waals surface area contributed by atoms with Gasteiger partial charge in [0, 0.05) is 0 Å². The van der Waals surface area contributed by atoms with Gasteiger partial charge in [-0.2, -0.15) is 0 Å². The van der Waals surface area contributed by atoms with Crippen LogP contribution in [0.25, 0.3) is 0 Å². The van der Waals surface area contributed by atoms with Gasteiger partial charge in [-0.15, -0.1) is 0 Å². The third-order valence-corrected chi connectivity index (χ3v) is 2.02. The largest absolute Gasteiger partial charge is 0.0885 e. The molecule has 0 saturated heterocycles. The Morgan fingerprint density at radius 1 is 1.27 bits per heavy atom. The van der Waals surface area contributed by atoms with Gasteiger partial charge in [-0.1, -0.05) is 38.8 Å². The third-order valence-electron chi connectivity index (χ3n) is 2.02. The molecule has 0 unspecified atom stereocenters. The molecule has 0 aromatic carbocycles. The summed E-state index contributed by atoms with van der Waals surface area (Å²) < 4.78 is 0. The van der Waals surface area contributed by atoms with Crippen LogP contribution in [0.5, 0.6) is 0 Å². The van der Waals surface area contributed by atoms with Crippen LogP contribution >= 0.6 is 0 Å². The summed E-state index contributed by atoms with van der Waals surface area (Å²) in [5, 5.41) is 0. The van der Waals surface area contributed by atoms with Gasteiger partial charge in [0.05, 0.1) is 0 Å². The van der Waals surface area contributed by atoms with Gasteiger partial charge in [-0.25, -0.2) is 0 Å². The average Bonchev–Trinajstić information content (AvgIpc) is 1.97. The SMILES string of the molecule is C/C=C(/CCC)CCC(C)C. The summed E-state index contributed by atoms with van der Waals surface area (Å²) in [5.41, 5.74) is 1.64. The molecule has 0 rings (SSSR count). The van der Waals surface area contributed by atoms with Crippen molar-refractivity contribution in [1.29, 1.82) is 0 Å². The summed E-state index contributed by atoms with van der Waals surface area (Å²) in [4.78, 5) is 0. The van der Waals surface area contributed by atoms with Crippen molar-refractivity contribution in [2.45, 2.75) is 53.4 Å². The topological polar surface area (TPSA) is 0 Å². The van der Waals surface area contributed by atoms with Crippen molar-refractivity contribution in [2.24, 2.45) is 5.92 Å². The molecule has 0 aliphatic heterocycles. The van der Waals surface area contributed by atoms with E-state index in [0.29, 0.717) is 0 Å². The molecule has 0 spiro atoms. The zero-order chi connectivity index (χ0) is 8.69. The Morgan fingerprint density at radius 2 is 1.91 bits per heavy atom. The second kappa shape index (κ2) is 6.45. The first-order valence-electron chi connectivity index (χ1n) is 4.84. The highest BCUT2D eigenvalue weighted by atomic mass is 14.0. The standard InChI is InChI=1S/C11H22/c1-5-7-11(6-2)9-8-10(3)4/h6,10H,5,7-9H2,1-4H3/b11-6-. The van der Waals surface area contributed by atoms with Crippen molar-refractivity contribution in [3.8, 4) is 0 Å². The molecule has 0 heteroatoms. The van der Waals surface area contributed by atoms with Crippen LogP contribution in [0.3, 0.4) is 0 Å². The molecule has 0 nitrogen and oxygen atoms in total. The van der Waals surface area contributed by atoms with Crippen LogP contribution in [0.2, 0.25) is 0 Å². The molecule has 0 aliphatic carbocycles. The van der Waals surface area contributed by atoms with E-state index in [1.165, 1.54) is 25.7 Å². The summed E-state index contributed by atoms with van der Waals surface area (Å²) in [6, 6.07) is 0. The third kappa shape index (κ3) is 6.15. The fourth-order valence-corrected chi connectivity index (χ4v) is 1.21. The first-order valence-corrected chi connectivity index (χ1v) is 4.84. The normalized spacial score (nSPS) is 12.6. The molecule has 0 amide bonds. The number of hydrogen-bond acceptors (Lipinski definition) is 0. The van der Waals surface area contributed by atoms with E-state index in [2.05, 4.69) is 33.8 Å². The number of rotatable bonds is 5. The van der Waals surface area contributed by atoms with E-state index in [1.807, 2.05) is 0 Å². The lowest BCUT2D eigenvalue weighted by Gasteiger charge is -2.07. The van der Waals surface area contributed by atoms with Crippen LogP contribution in [0, 0.1) is 5.92 Å². The minimum absolute atomic E-state index is 0.849. The van der Waals surface area contributed by atoms with Crippen LogP contribution in [0.1, 0.15) is 53.4 Å². The molecular weight excluding hydrogens is 132 g/mol. The molecular formula is C11H22. The van der Waals surface area contributed by atoms with E-state index in [0.717, 1.165) is 5.92 Å². The second-order valence-corrected chi connectivity index (χ2v) is 3.63. The van der Waals surface area contributed by atoms with Gasteiger partial charge in [-0.05, 0) is 32.1 Å². The van der Waals surface area contributed by atoms with Gasteiger partial charge in [0.25, 0.3) is 0 Å². The zero-order valence-corrected chi connectivity index (χ0v) is 8.48. The highest BCUT2D eigenvalue weighted by molar-refractivity contribution is 4.99. The Bertz CT molecular complexity index is 109. The van der Waals surface area contributed by atoms with Crippen molar-refractivity contribution >= 4 is 0 Å². The van der Waals surface area contributed by atoms with Crippen LogP contribution in [0.15, 0.2) is 11.6 Å². The van der Waals surface area contributed by atoms with E-state index in [4.69, 9.17) is 0 Å². The summed E-state index contributed by atoms with van der Waals surface area (Å²) in [5.74, 6) is 0.849. The lowest BCUT2D eigenvalue weighted by atomic mass is 10.00. The zero-order valence-electron chi connectivity index (χ0n) is 8.48. The Balaban J connectivity index is 3.53. The van der Waals surface area contributed by atoms with Crippen LogP contribution in [-0.4, -0.2) is 0 Å². The van der Waals surface area contributed by atoms with E-state index in [9.17, 15) is 0 Å². The summed E-state index contributed by atoms with van der Waals surface area (Å²) >= 11 is 0. The Labute approximate surface area is 71.7 Å². The van der Waals surface area contributed by atoms with Crippen molar-refractivity contribution in [3.63, 3.8) is 0 Å². The highest BCUT2D eigenvalue weighted by Gasteiger charge is 1.97. The lowest BCUT2D eigenvalue weighted by Crippen LogP contribution is -1.90. The first kappa shape index (κ1) is 10.7. The van der Waals surface area contributed by atoms with Crippen molar-refractivity contribution in [3.05, 3.63) is 11.6 Å². The van der Waals surface area contributed by atoms with Gasteiger partial charge in [0.1, 0.15) is 0 Å². The summed E-state index contributed by atoms with van der Waals surface area (Å²) in [7, 11) is 0. The van der Waals surface area contributed by atoms with Crippen molar-refractivity contribution in [2.75, 3.05) is 0 Å². The lowest BCUT2D eigenvalue weighted by molar-refractivity contribution is 0.575. The predicted octanol–water partition coefficient (Wildman–Crippen LogP) is 4.17. The maximum atomic E-state index is 2.29. The maximum absolute atomic E-state index is 2.29. The number of hydrogen-bond donors (Lipinski definition) is 0. The van der Waals surface area contributed by atoms with E-state index >= 15 is 0 Å². The molecule has 0 bridgehead atoms. The Hall–Kier alpha value is -0.260. The fourth-order valence-electron chi connectivity index (χ4n) is 1.21. The number of allylic oxidation sites excluding steroid dienone is 2. The molecule has 0 N–H and O–H groups in total. The molecule has 0 aromatic heterocycles. The minimum Gasteiger partial charge on any atom is -0.0885 e. The molecule has 0 radical (unpaired) electrons. The van der Waals surface area contributed by atoms with Gasteiger partial charge < -0.3 is 0 Å². The molecule has 0 atom stereocenters. The van der Waals surface area contributed by atoms with Crippen LogP contribution < -0.4 is 0 Å². The smallest absolute Gasteiger partial charge is 0.0318 e. The first-order chi connectivity index (χ1) is 5.20. The molecule has 0 aliphatic rings. The average molecular weight is 154 g/mol. The quantitative estimate of drug-likeness (QED) is 0.521.